The number of rotatable bonds is 19. The van der Waals surface area contributed by atoms with Crippen molar-refractivity contribution in [2.45, 2.75) is 129 Å². The van der Waals surface area contributed by atoms with E-state index < -0.39 is 0 Å². The van der Waals surface area contributed by atoms with E-state index >= 15 is 0 Å². The van der Waals surface area contributed by atoms with Crippen molar-refractivity contribution in [1.29, 1.82) is 0 Å². The van der Waals surface area contributed by atoms with Gasteiger partial charge in [0.2, 0.25) is 0 Å². The van der Waals surface area contributed by atoms with Crippen molar-refractivity contribution in [2.75, 3.05) is 6.54 Å². The van der Waals surface area contributed by atoms with Gasteiger partial charge < -0.3 is 0 Å². The molecule has 1 saturated carbocycles. The molecule has 60 heavy (non-hydrogen) atoms. The quantitative estimate of drug-likeness (QED) is 0.0311. The number of aryl methyl sites for hydroxylation is 1. The summed E-state index contributed by atoms with van der Waals surface area (Å²) in [5.74, 6) is 2.01. The van der Waals surface area contributed by atoms with Crippen LogP contribution in [0, 0.1) is 11.8 Å². The Morgan fingerprint density at radius 1 is 0.767 bits per heavy atom. The summed E-state index contributed by atoms with van der Waals surface area (Å²) in [6.07, 6.45) is 22.0. The highest BCUT2D eigenvalue weighted by Crippen LogP contribution is 2.56. The molecule has 4 atom stereocenters. The van der Waals surface area contributed by atoms with Crippen molar-refractivity contribution >= 4 is 47.3 Å². The monoisotopic (exact) mass is 815 g/mol. The first kappa shape index (κ1) is 43.5. The number of hydrogen-bond acceptors (Lipinski definition) is 4. The summed E-state index contributed by atoms with van der Waals surface area (Å²) in [6, 6.07) is 37.6. The first-order valence-electron chi connectivity index (χ1n) is 23.1. The van der Waals surface area contributed by atoms with Crippen LogP contribution in [0.5, 0.6) is 0 Å². The number of aldehydes is 1. The lowest BCUT2D eigenvalue weighted by molar-refractivity contribution is -0.118. The van der Waals surface area contributed by atoms with Crippen LogP contribution < -0.4 is 0 Å². The average Bonchev–Trinajstić information content (AvgIpc) is 3.87. The Morgan fingerprint density at radius 3 is 2.17 bits per heavy atom. The van der Waals surface area contributed by atoms with Crippen LogP contribution in [0.25, 0.3) is 17.7 Å². The van der Waals surface area contributed by atoms with E-state index in [1.165, 1.54) is 90.3 Å². The second-order valence-corrected chi connectivity index (χ2v) is 18.7. The zero-order valence-electron chi connectivity index (χ0n) is 36.3. The van der Waals surface area contributed by atoms with Gasteiger partial charge in [-0.1, -0.05) is 174 Å². The van der Waals surface area contributed by atoms with Crippen LogP contribution in [-0.4, -0.2) is 24.3 Å². The van der Waals surface area contributed by atoms with E-state index in [1.807, 2.05) is 0 Å². The van der Waals surface area contributed by atoms with Gasteiger partial charge in [-0.2, -0.15) is 0 Å². The number of ketones is 1. The molecule has 7 rings (SSSR count). The zero-order valence-corrected chi connectivity index (χ0v) is 37.2. The molecule has 0 radical (unpaired) electrons. The molecule has 0 amide bonds. The second kappa shape index (κ2) is 21.8. The van der Waals surface area contributed by atoms with Crippen molar-refractivity contribution in [1.82, 2.24) is 0 Å². The Balaban J connectivity index is 1.05. The van der Waals surface area contributed by atoms with Crippen LogP contribution in [0.3, 0.4) is 0 Å². The summed E-state index contributed by atoms with van der Waals surface area (Å²) in [5, 5.41) is 0. The molecule has 0 aromatic heterocycles. The van der Waals surface area contributed by atoms with Gasteiger partial charge in [0.25, 0.3) is 0 Å². The van der Waals surface area contributed by atoms with Gasteiger partial charge >= 0.3 is 0 Å². The van der Waals surface area contributed by atoms with Crippen LogP contribution in [0.4, 0.5) is 0 Å². The Hall–Kier alpha value is -4.54. The molecule has 1 saturated heterocycles. The molecule has 3 aliphatic rings. The van der Waals surface area contributed by atoms with Crippen LogP contribution >= 0.6 is 11.8 Å². The van der Waals surface area contributed by atoms with Gasteiger partial charge in [-0.25, -0.2) is 0 Å². The predicted molar refractivity (Wildman–Crippen MR) is 257 cm³/mol. The topological polar surface area (TPSA) is 46.5 Å². The van der Waals surface area contributed by atoms with E-state index in [2.05, 4.69) is 136 Å². The fraction of sp³-hybridized carbons (Fsp3) is 0.411. The van der Waals surface area contributed by atoms with Gasteiger partial charge in [-0.3, -0.25) is 14.6 Å². The van der Waals surface area contributed by atoms with E-state index in [9.17, 15) is 9.59 Å². The van der Waals surface area contributed by atoms with E-state index in [1.54, 1.807) is 11.8 Å². The van der Waals surface area contributed by atoms with Crippen LogP contribution in [0.2, 0.25) is 0 Å². The molecule has 3 nitrogen and oxygen atoms in total. The number of aliphatic imine (C=N–C) groups is 1. The van der Waals surface area contributed by atoms with Gasteiger partial charge in [0, 0.05) is 30.2 Å². The molecule has 1 heterocycles. The maximum Gasteiger partial charge on any atom is 0.172 e. The first-order chi connectivity index (χ1) is 29.4. The summed E-state index contributed by atoms with van der Waals surface area (Å²) in [7, 11) is 0. The van der Waals surface area contributed by atoms with Gasteiger partial charge in [-0.15, -0.1) is 0 Å². The minimum absolute atomic E-state index is 0.0781. The largest absolute Gasteiger partial charge is 0.298 e. The molecular weight excluding hydrogens is 751 g/mol. The third-order valence-electron chi connectivity index (χ3n) is 13.3. The molecule has 1 aliphatic heterocycles. The smallest absolute Gasteiger partial charge is 0.172 e. The molecule has 4 aromatic rings. The molecule has 4 aromatic carbocycles. The summed E-state index contributed by atoms with van der Waals surface area (Å²) in [5.41, 5.74) is 12.2. The molecule has 2 fully saturated rings. The molecular formula is C56H65NO2S. The van der Waals surface area contributed by atoms with Gasteiger partial charge in [0.1, 0.15) is 6.29 Å². The third kappa shape index (κ3) is 11.0. The van der Waals surface area contributed by atoms with Crippen LogP contribution in [0.15, 0.2) is 124 Å². The molecule has 2 aliphatic carbocycles. The predicted octanol–water partition coefficient (Wildman–Crippen LogP) is 15.0. The van der Waals surface area contributed by atoms with Crippen molar-refractivity contribution in [3.05, 3.63) is 157 Å². The number of unbranched alkanes of at least 4 members (excludes halogenated alkanes) is 5. The van der Waals surface area contributed by atoms with Crippen LogP contribution in [-0.2, 0) is 16.0 Å². The minimum Gasteiger partial charge on any atom is -0.298 e. The highest BCUT2D eigenvalue weighted by Gasteiger charge is 2.43. The van der Waals surface area contributed by atoms with E-state index in [4.69, 9.17) is 4.99 Å². The summed E-state index contributed by atoms with van der Waals surface area (Å²) in [4.78, 5) is 33.2. The maximum atomic E-state index is 13.9. The van der Waals surface area contributed by atoms with Crippen LogP contribution in [0.1, 0.15) is 161 Å². The van der Waals surface area contributed by atoms with Crippen molar-refractivity contribution in [2.24, 2.45) is 16.8 Å². The number of nitrogens with zero attached hydrogens (tertiary/aromatic N) is 1. The molecule has 0 N–H and O–H groups in total. The van der Waals surface area contributed by atoms with E-state index in [0.29, 0.717) is 30.6 Å². The third-order valence-corrected chi connectivity index (χ3v) is 14.5. The summed E-state index contributed by atoms with van der Waals surface area (Å²) >= 11 is 1.54. The molecule has 0 bridgehead atoms. The van der Waals surface area contributed by atoms with Crippen molar-refractivity contribution in [3.63, 3.8) is 0 Å². The molecule has 4 unspecified atom stereocenters. The lowest BCUT2D eigenvalue weighted by atomic mass is 9.85. The first-order valence-corrected chi connectivity index (χ1v) is 23.9. The highest BCUT2D eigenvalue weighted by molar-refractivity contribution is 8.07. The Labute approximate surface area is 365 Å². The maximum absolute atomic E-state index is 13.9. The minimum atomic E-state index is -0.0781. The number of thioether (sulfide) groups is 1. The summed E-state index contributed by atoms with van der Waals surface area (Å²) in [6.45, 7) is 7.28. The Kier molecular flexibility index (Phi) is 15.8. The molecule has 0 spiro atoms. The number of fused-ring (bicyclic) bond motifs is 3. The number of carbonyl (C=O) groups is 2. The van der Waals surface area contributed by atoms with E-state index in [0.717, 1.165) is 71.6 Å². The lowest BCUT2D eigenvalue weighted by Crippen LogP contribution is -2.21. The van der Waals surface area contributed by atoms with Crippen molar-refractivity contribution < 1.29 is 9.59 Å². The van der Waals surface area contributed by atoms with Gasteiger partial charge in [0.05, 0.1) is 4.91 Å². The summed E-state index contributed by atoms with van der Waals surface area (Å²) < 4.78 is 0. The second-order valence-electron chi connectivity index (χ2n) is 17.6. The molecule has 312 valence electrons. The number of carbonyl (C=O) groups excluding carboxylic acids is 2. The van der Waals surface area contributed by atoms with E-state index in [-0.39, 0.29) is 11.7 Å². The Morgan fingerprint density at radius 2 is 1.47 bits per heavy atom. The standard InChI is InChI=1S/C56H65NO2S/c1-4-6-7-8-9-16-33-57-40(3)34-47(39-58)54-38-46(18-5-2)56(59)55(60-54)37-43-30-32-51-50(48-23-17-24-49(48)53(51)36-43)31-29-41-25-27-42(28-26-41)35-52(44-19-12-10-13-20-44)45-21-14-11-15-22-45/h10-15,19-22,25-28,30,32,35-37,39,46,48-50H,4-9,16-18,23-24,29,31,33-34,38H2,1-3H3/b54-47?,55-37+,57-40?. The number of allylic oxidation sites excluding steroid dienone is 3. The normalized spacial score (nSPS) is 21.5. The van der Waals surface area contributed by atoms with Crippen molar-refractivity contribution in [3.8, 4) is 0 Å². The number of hydrogen-bond donors (Lipinski definition) is 0. The Bertz CT molecular complexity index is 2140. The van der Waals surface area contributed by atoms with Gasteiger partial charge in [0.15, 0.2) is 5.78 Å². The average molecular weight is 816 g/mol. The molecule has 4 heteroatoms. The fourth-order valence-corrected chi connectivity index (χ4v) is 11.4. The zero-order chi connectivity index (χ0) is 41.7. The fourth-order valence-electron chi connectivity index (χ4n) is 10.1. The number of Topliss-reactive ketones (excluding diaryl/α,β-unsaturated/α-hetero) is 1. The number of benzene rings is 4. The van der Waals surface area contributed by atoms with Gasteiger partial charge in [-0.05, 0) is 131 Å². The highest BCUT2D eigenvalue weighted by atomic mass is 32.2. The lowest BCUT2D eigenvalue weighted by Gasteiger charge is -2.26. The SMILES string of the molecule is CCCCCCCCN=C(C)CC(C=O)=C1CC(CCC)C(=O)/C(=C\c2ccc3c(c2)C2CCCC2C3CCc2ccc(C=C(c3ccccc3)c3ccccc3)cc2)S1.